The number of benzene rings is 1. The topological polar surface area (TPSA) is 32.7 Å². The fourth-order valence-corrected chi connectivity index (χ4v) is 2.39. The van der Waals surface area contributed by atoms with Gasteiger partial charge in [0, 0.05) is 12.1 Å². The van der Waals surface area contributed by atoms with Gasteiger partial charge in [-0.1, -0.05) is 30.3 Å². The van der Waals surface area contributed by atoms with Crippen LogP contribution in [-0.4, -0.2) is 41.4 Å². The van der Waals surface area contributed by atoms with Crippen molar-refractivity contribution in [3.63, 3.8) is 0 Å². The van der Waals surface area contributed by atoms with E-state index < -0.39 is 0 Å². The van der Waals surface area contributed by atoms with Gasteiger partial charge in [-0.15, -0.1) is 0 Å². The van der Waals surface area contributed by atoms with Crippen LogP contribution in [0, 0.1) is 0 Å². The van der Waals surface area contributed by atoms with Crippen LogP contribution in [0.5, 0.6) is 0 Å². The number of hydrogen-bond acceptors (Lipinski definition) is 3. The molecule has 1 atom stereocenters. The molecule has 3 heteroatoms. The van der Waals surface area contributed by atoms with Crippen molar-refractivity contribution in [1.29, 1.82) is 0 Å². The van der Waals surface area contributed by atoms with Gasteiger partial charge in [-0.3, -0.25) is 4.90 Å². The SMILES string of the molecule is CC1(C)COCC(CO)N1Cc1ccccc1. The van der Waals surface area contributed by atoms with Crippen LogP contribution in [0.3, 0.4) is 0 Å². The van der Waals surface area contributed by atoms with Gasteiger partial charge in [-0.05, 0) is 19.4 Å². The van der Waals surface area contributed by atoms with E-state index in [9.17, 15) is 5.11 Å². The molecule has 94 valence electrons. The van der Waals surface area contributed by atoms with Crippen LogP contribution in [-0.2, 0) is 11.3 Å². The molecule has 0 amide bonds. The highest BCUT2D eigenvalue weighted by atomic mass is 16.5. The van der Waals surface area contributed by atoms with Gasteiger partial charge in [0.05, 0.1) is 25.9 Å². The zero-order valence-electron chi connectivity index (χ0n) is 10.6. The Labute approximate surface area is 103 Å². The van der Waals surface area contributed by atoms with E-state index in [2.05, 4.69) is 43.0 Å². The van der Waals surface area contributed by atoms with Crippen LogP contribution in [0.4, 0.5) is 0 Å². The van der Waals surface area contributed by atoms with Crippen molar-refractivity contribution in [2.24, 2.45) is 0 Å². The molecular formula is C14H21NO2. The van der Waals surface area contributed by atoms with Crippen molar-refractivity contribution in [3.05, 3.63) is 35.9 Å². The number of aliphatic hydroxyl groups is 1. The minimum Gasteiger partial charge on any atom is -0.395 e. The number of aliphatic hydroxyl groups excluding tert-OH is 1. The summed E-state index contributed by atoms with van der Waals surface area (Å²) >= 11 is 0. The quantitative estimate of drug-likeness (QED) is 0.865. The third kappa shape index (κ3) is 2.86. The summed E-state index contributed by atoms with van der Waals surface area (Å²) in [7, 11) is 0. The van der Waals surface area contributed by atoms with Gasteiger partial charge in [0.1, 0.15) is 0 Å². The maximum Gasteiger partial charge on any atom is 0.0646 e. The van der Waals surface area contributed by atoms with Crippen LogP contribution in [0.25, 0.3) is 0 Å². The molecule has 1 saturated heterocycles. The van der Waals surface area contributed by atoms with Gasteiger partial charge in [-0.2, -0.15) is 0 Å². The first kappa shape index (κ1) is 12.6. The lowest BCUT2D eigenvalue weighted by atomic mass is 9.98. The van der Waals surface area contributed by atoms with E-state index in [0.29, 0.717) is 6.61 Å². The Bertz CT molecular complexity index is 350. The second kappa shape index (κ2) is 5.17. The number of morpholine rings is 1. The molecular weight excluding hydrogens is 214 g/mol. The number of nitrogens with zero attached hydrogens (tertiary/aromatic N) is 1. The highest BCUT2D eigenvalue weighted by molar-refractivity contribution is 5.15. The lowest BCUT2D eigenvalue weighted by Crippen LogP contribution is -2.58. The fourth-order valence-electron chi connectivity index (χ4n) is 2.39. The first-order valence-corrected chi connectivity index (χ1v) is 6.13. The summed E-state index contributed by atoms with van der Waals surface area (Å²) in [6, 6.07) is 10.5. The summed E-state index contributed by atoms with van der Waals surface area (Å²) in [6.45, 7) is 6.68. The first-order chi connectivity index (χ1) is 8.13. The van der Waals surface area contributed by atoms with E-state index in [-0.39, 0.29) is 18.2 Å². The van der Waals surface area contributed by atoms with E-state index in [4.69, 9.17) is 4.74 Å². The van der Waals surface area contributed by atoms with Crippen LogP contribution in [0.1, 0.15) is 19.4 Å². The van der Waals surface area contributed by atoms with E-state index in [1.54, 1.807) is 0 Å². The zero-order chi connectivity index (χ0) is 12.3. The molecule has 0 aliphatic carbocycles. The van der Waals surface area contributed by atoms with Gasteiger partial charge in [0.2, 0.25) is 0 Å². The molecule has 0 aromatic heterocycles. The van der Waals surface area contributed by atoms with Gasteiger partial charge in [-0.25, -0.2) is 0 Å². The molecule has 0 bridgehead atoms. The van der Waals surface area contributed by atoms with Gasteiger partial charge in [0.25, 0.3) is 0 Å². The standard InChI is InChI=1S/C14H21NO2/c1-14(2)11-17-10-13(9-16)15(14)8-12-6-4-3-5-7-12/h3-7,13,16H,8-11H2,1-2H3. The molecule has 1 aliphatic rings. The van der Waals surface area contributed by atoms with Crippen molar-refractivity contribution in [2.45, 2.75) is 32.0 Å². The molecule has 1 heterocycles. The number of ether oxygens (including phenoxy) is 1. The van der Waals surface area contributed by atoms with E-state index in [0.717, 1.165) is 13.2 Å². The molecule has 1 N–H and O–H groups in total. The molecule has 0 spiro atoms. The summed E-state index contributed by atoms with van der Waals surface area (Å²) in [4.78, 5) is 2.34. The van der Waals surface area contributed by atoms with Crippen molar-refractivity contribution >= 4 is 0 Å². The average molecular weight is 235 g/mol. The van der Waals surface area contributed by atoms with E-state index >= 15 is 0 Å². The van der Waals surface area contributed by atoms with Gasteiger partial charge < -0.3 is 9.84 Å². The van der Waals surface area contributed by atoms with Crippen LogP contribution in [0.15, 0.2) is 30.3 Å². The van der Waals surface area contributed by atoms with Crippen LogP contribution >= 0.6 is 0 Å². The normalized spacial score (nSPS) is 24.8. The lowest BCUT2D eigenvalue weighted by Gasteiger charge is -2.47. The second-order valence-corrected chi connectivity index (χ2v) is 5.28. The van der Waals surface area contributed by atoms with Gasteiger partial charge >= 0.3 is 0 Å². The highest BCUT2D eigenvalue weighted by Gasteiger charge is 2.36. The van der Waals surface area contributed by atoms with E-state index in [1.165, 1.54) is 5.56 Å². The minimum absolute atomic E-state index is 0.0263. The first-order valence-electron chi connectivity index (χ1n) is 6.13. The summed E-state index contributed by atoms with van der Waals surface area (Å²) in [6.07, 6.45) is 0. The van der Waals surface area contributed by atoms with Crippen LogP contribution in [0.2, 0.25) is 0 Å². The molecule has 3 nitrogen and oxygen atoms in total. The summed E-state index contributed by atoms with van der Waals surface area (Å²) in [5.41, 5.74) is 1.25. The monoisotopic (exact) mass is 235 g/mol. The minimum atomic E-state index is -0.0263. The predicted molar refractivity (Wildman–Crippen MR) is 67.8 cm³/mol. The van der Waals surface area contributed by atoms with Gasteiger partial charge in [0.15, 0.2) is 0 Å². The number of rotatable bonds is 3. The Morgan fingerprint density at radius 3 is 2.71 bits per heavy atom. The van der Waals surface area contributed by atoms with Crippen LogP contribution < -0.4 is 0 Å². The van der Waals surface area contributed by atoms with Crippen molar-refractivity contribution in [2.75, 3.05) is 19.8 Å². The Hall–Kier alpha value is -0.900. The molecule has 1 unspecified atom stereocenters. The fraction of sp³-hybridized carbons (Fsp3) is 0.571. The summed E-state index contributed by atoms with van der Waals surface area (Å²) < 4.78 is 5.55. The zero-order valence-corrected chi connectivity index (χ0v) is 10.6. The largest absolute Gasteiger partial charge is 0.395 e. The third-order valence-electron chi connectivity index (χ3n) is 3.39. The average Bonchev–Trinajstić information content (AvgIpc) is 2.33. The Balaban J connectivity index is 2.15. The maximum atomic E-state index is 9.45. The Morgan fingerprint density at radius 1 is 1.35 bits per heavy atom. The molecule has 17 heavy (non-hydrogen) atoms. The predicted octanol–water partition coefficient (Wildman–Crippen LogP) is 1.66. The van der Waals surface area contributed by atoms with Crippen molar-refractivity contribution in [3.8, 4) is 0 Å². The maximum absolute atomic E-state index is 9.45. The molecule has 1 fully saturated rings. The van der Waals surface area contributed by atoms with Crippen molar-refractivity contribution in [1.82, 2.24) is 4.90 Å². The smallest absolute Gasteiger partial charge is 0.0646 e. The Morgan fingerprint density at radius 2 is 2.06 bits per heavy atom. The van der Waals surface area contributed by atoms with E-state index in [1.807, 2.05) is 6.07 Å². The molecule has 1 aromatic carbocycles. The lowest BCUT2D eigenvalue weighted by molar-refractivity contribution is -0.107. The molecule has 1 aliphatic heterocycles. The molecule has 1 aromatic rings. The Kier molecular flexibility index (Phi) is 3.82. The molecule has 0 saturated carbocycles. The summed E-state index contributed by atoms with van der Waals surface area (Å²) in [5, 5.41) is 9.45. The summed E-state index contributed by atoms with van der Waals surface area (Å²) in [5.74, 6) is 0. The molecule has 0 radical (unpaired) electrons. The second-order valence-electron chi connectivity index (χ2n) is 5.28. The third-order valence-corrected chi connectivity index (χ3v) is 3.39. The number of hydrogen-bond donors (Lipinski definition) is 1. The molecule has 2 rings (SSSR count). The van der Waals surface area contributed by atoms with Crippen molar-refractivity contribution < 1.29 is 9.84 Å². The highest BCUT2D eigenvalue weighted by Crippen LogP contribution is 2.25.